The molecule has 3 aliphatic rings. The average molecular weight is 426 g/mol. The number of hydrogen-bond donors (Lipinski definition) is 2. The van der Waals surface area contributed by atoms with Crippen molar-refractivity contribution < 1.29 is 14.4 Å². The second-order valence-electron chi connectivity index (χ2n) is 9.75. The van der Waals surface area contributed by atoms with E-state index in [1.54, 1.807) is 0 Å². The molecular weight excluding hydrogens is 390 g/mol. The van der Waals surface area contributed by atoms with Crippen molar-refractivity contribution in [3.63, 3.8) is 0 Å². The Kier molecular flexibility index (Phi) is 6.63. The zero-order valence-electron chi connectivity index (χ0n) is 18.5. The Hall–Kier alpha value is -2.37. The summed E-state index contributed by atoms with van der Waals surface area (Å²) in [6.07, 6.45) is 7.90. The van der Waals surface area contributed by atoms with Crippen molar-refractivity contribution in [1.29, 1.82) is 0 Å². The number of rotatable bonds is 5. The summed E-state index contributed by atoms with van der Waals surface area (Å²) in [4.78, 5) is 40.0. The van der Waals surface area contributed by atoms with Gasteiger partial charge in [0.2, 0.25) is 17.7 Å². The van der Waals surface area contributed by atoms with E-state index in [9.17, 15) is 14.4 Å². The molecule has 3 atom stereocenters. The Labute approximate surface area is 184 Å². The molecule has 3 N–H and O–H groups in total. The molecule has 1 heterocycles. The lowest BCUT2D eigenvalue weighted by Gasteiger charge is -2.35. The Morgan fingerprint density at radius 1 is 1.00 bits per heavy atom. The molecule has 2 aliphatic carbocycles. The first kappa shape index (κ1) is 21.8. The molecule has 4 rings (SSSR count). The van der Waals surface area contributed by atoms with Crippen LogP contribution < -0.4 is 16.0 Å². The lowest BCUT2D eigenvalue weighted by Crippen LogP contribution is -2.48. The van der Waals surface area contributed by atoms with Gasteiger partial charge in [-0.2, -0.15) is 0 Å². The first-order chi connectivity index (χ1) is 15.0. The molecular formula is C25H35N3O3. The number of carbonyl (C=O) groups is 3. The monoisotopic (exact) mass is 425 g/mol. The van der Waals surface area contributed by atoms with E-state index in [1.165, 1.54) is 5.56 Å². The van der Waals surface area contributed by atoms with Gasteiger partial charge in [-0.25, -0.2) is 0 Å². The van der Waals surface area contributed by atoms with E-state index in [1.807, 2.05) is 23.1 Å². The molecule has 168 valence electrons. The van der Waals surface area contributed by atoms with Gasteiger partial charge in [0.25, 0.3) is 0 Å². The fourth-order valence-corrected chi connectivity index (χ4v) is 5.85. The number of hydrogen-bond acceptors (Lipinski definition) is 3. The van der Waals surface area contributed by atoms with Crippen LogP contribution in [0.25, 0.3) is 0 Å². The zero-order valence-corrected chi connectivity index (χ0v) is 18.5. The largest absolute Gasteiger partial charge is 0.369 e. The second kappa shape index (κ2) is 9.41. The van der Waals surface area contributed by atoms with Crippen molar-refractivity contribution in [2.75, 3.05) is 11.4 Å². The van der Waals surface area contributed by atoms with Gasteiger partial charge in [0.15, 0.2) is 0 Å². The summed E-state index contributed by atoms with van der Waals surface area (Å²) in [5, 5.41) is 3.15. The van der Waals surface area contributed by atoms with Crippen LogP contribution in [0, 0.1) is 23.7 Å². The maximum atomic E-state index is 13.6. The molecule has 2 saturated carbocycles. The second-order valence-corrected chi connectivity index (χ2v) is 9.75. The van der Waals surface area contributed by atoms with Crippen LogP contribution in [0.1, 0.15) is 63.9 Å². The molecule has 3 amide bonds. The molecule has 1 aromatic rings. The third-order valence-electron chi connectivity index (χ3n) is 7.68. The van der Waals surface area contributed by atoms with Crippen LogP contribution >= 0.6 is 0 Å². The highest BCUT2D eigenvalue weighted by molar-refractivity contribution is 6.00. The lowest BCUT2D eigenvalue weighted by atomic mass is 9.77. The number of para-hydroxylation sites is 1. The van der Waals surface area contributed by atoms with Crippen molar-refractivity contribution in [1.82, 2.24) is 5.32 Å². The van der Waals surface area contributed by atoms with Crippen LogP contribution in [-0.4, -0.2) is 30.3 Å². The van der Waals surface area contributed by atoms with E-state index in [-0.39, 0.29) is 41.5 Å². The van der Waals surface area contributed by atoms with Crippen molar-refractivity contribution in [2.45, 2.75) is 70.8 Å². The molecule has 0 bridgehead atoms. The summed E-state index contributed by atoms with van der Waals surface area (Å²) in [5.41, 5.74) is 7.65. The molecule has 2 fully saturated rings. The van der Waals surface area contributed by atoms with Gasteiger partial charge in [-0.15, -0.1) is 0 Å². The van der Waals surface area contributed by atoms with Gasteiger partial charge in [-0.1, -0.05) is 31.0 Å². The van der Waals surface area contributed by atoms with Crippen LogP contribution in [-0.2, 0) is 20.8 Å². The lowest BCUT2D eigenvalue weighted by molar-refractivity contribution is -0.135. The number of fused-ring (bicyclic) bond motifs is 1. The number of benzene rings is 1. The van der Waals surface area contributed by atoms with E-state index < -0.39 is 0 Å². The minimum atomic E-state index is -0.247. The quantitative estimate of drug-likeness (QED) is 0.759. The van der Waals surface area contributed by atoms with Crippen molar-refractivity contribution >= 4 is 23.4 Å². The number of nitrogens with zero attached hydrogens (tertiary/aromatic N) is 1. The van der Waals surface area contributed by atoms with Crippen molar-refractivity contribution in [3.05, 3.63) is 29.8 Å². The Balaban J connectivity index is 1.38. The third-order valence-corrected chi connectivity index (χ3v) is 7.68. The fourth-order valence-electron chi connectivity index (χ4n) is 5.85. The minimum absolute atomic E-state index is 0.0161. The first-order valence-corrected chi connectivity index (χ1v) is 11.9. The van der Waals surface area contributed by atoms with Gasteiger partial charge in [0.1, 0.15) is 0 Å². The average Bonchev–Trinajstić information content (AvgIpc) is 3.12. The van der Waals surface area contributed by atoms with Crippen LogP contribution in [0.2, 0.25) is 0 Å². The Bertz CT molecular complexity index is 831. The maximum absolute atomic E-state index is 13.6. The van der Waals surface area contributed by atoms with Gasteiger partial charge in [0, 0.05) is 30.1 Å². The van der Waals surface area contributed by atoms with Crippen LogP contribution in [0.5, 0.6) is 0 Å². The summed E-state index contributed by atoms with van der Waals surface area (Å²) >= 11 is 0. The summed E-state index contributed by atoms with van der Waals surface area (Å²) in [7, 11) is 0. The summed E-state index contributed by atoms with van der Waals surface area (Å²) in [6, 6.07) is 8.26. The minimum Gasteiger partial charge on any atom is -0.369 e. The molecule has 6 heteroatoms. The molecule has 6 nitrogen and oxygen atoms in total. The SMILES string of the molecule is CC1Cc2ccccc2N1C(=O)C1CCCCC1C(=O)NCC1CCC(C(N)=O)CC1. The van der Waals surface area contributed by atoms with Crippen molar-refractivity contribution in [2.24, 2.45) is 29.4 Å². The Morgan fingerprint density at radius 3 is 2.39 bits per heavy atom. The van der Waals surface area contributed by atoms with E-state index >= 15 is 0 Å². The summed E-state index contributed by atoms with van der Waals surface area (Å²) in [5.74, 6) is -0.185. The molecule has 0 spiro atoms. The molecule has 31 heavy (non-hydrogen) atoms. The van der Waals surface area contributed by atoms with Crippen molar-refractivity contribution in [3.8, 4) is 0 Å². The van der Waals surface area contributed by atoms with E-state index in [0.29, 0.717) is 12.5 Å². The van der Waals surface area contributed by atoms with Crippen LogP contribution in [0.15, 0.2) is 24.3 Å². The predicted octanol–water partition coefficient (Wildman–Crippen LogP) is 3.18. The fraction of sp³-hybridized carbons (Fsp3) is 0.640. The van der Waals surface area contributed by atoms with E-state index in [2.05, 4.69) is 18.3 Å². The molecule has 3 unspecified atom stereocenters. The highest BCUT2D eigenvalue weighted by atomic mass is 16.2. The van der Waals surface area contributed by atoms with Gasteiger partial charge < -0.3 is 16.0 Å². The van der Waals surface area contributed by atoms with Crippen LogP contribution in [0.3, 0.4) is 0 Å². The van der Waals surface area contributed by atoms with E-state index in [4.69, 9.17) is 5.73 Å². The smallest absolute Gasteiger partial charge is 0.231 e. The molecule has 0 saturated heterocycles. The molecule has 0 radical (unpaired) electrons. The molecule has 1 aromatic carbocycles. The Morgan fingerprint density at radius 2 is 1.68 bits per heavy atom. The van der Waals surface area contributed by atoms with Gasteiger partial charge in [-0.05, 0) is 69.4 Å². The number of primary amides is 1. The predicted molar refractivity (Wildman–Crippen MR) is 120 cm³/mol. The number of carbonyl (C=O) groups excluding carboxylic acids is 3. The topological polar surface area (TPSA) is 92.5 Å². The zero-order chi connectivity index (χ0) is 22.0. The molecule has 0 aromatic heterocycles. The van der Waals surface area contributed by atoms with Gasteiger partial charge in [-0.3, -0.25) is 14.4 Å². The number of nitrogens with one attached hydrogen (secondary N) is 1. The van der Waals surface area contributed by atoms with Gasteiger partial charge >= 0.3 is 0 Å². The summed E-state index contributed by atoms with van der Waals surface area (Å²) in [6.45, 7) is 2.73. The number of anilines is 1. The highest BCUT2D eigenvalue weighted by Gasteiger charge is 2.41. The maximum Gasteiger partial charge on any atom is 0.231 e. The number of nitrogens with two attached hydrogens (primary N) is 1. The third kappa shape index (κ3) is 4.63. The standard InChI is InChI=1S/C25H35N3O3/c1-16-14-19-6-2-5-9-22(19)28(16)25(31)21-8-4-3-7-20(21)24(30)27-15-17-10-12-18(13-11-17)23(26)29/h2,5-6,9,16-18,20-21H,3-4,7-8,10-15H2,1H3,(H2,26,29)(H,27,30). The first-order valence-electron chi connectivity index (χ1n) is 11.9. The normalized spacial score (nSPS) is 30.5. The van der Waals surface area contributed by atoms with Gasteiger partial charge in [0.05, 0.1) is 5.92 Å². The number of amides is 3. The highest BCUT2D eigenvalue weighted by Crippen LogP contribution is 2.38. The van der Waals surface area contributed by atoms with E-state index in [0.717, 1.165) is 63.5 Å². The summed E-state index contributed by atoms with van der Waals surface area (Å²) < 4.78 is 0. The van der Waals surface area contributed by atoms with Crippen LogP contribution in [0.4, 0.5) is 5.69 Å². The molecule has 1 aliphatic heterocycles.